The first-order valence-corrected chi connectivity index (χ1v) is 7.82. The molecule has 1 unspecified atom stereocenters. The zero-order valence-electron chi connectivity index (χ0n) is 13.2. The lowest BCUT2D eigenvalue weighted by Gasteiger charge is -2.30. The predicted molar refractivity (Wildman–Crippen MR) is 82.7 cm³/mol. The molecule has 0 radical (unpaired) electrons. The highest BCUT2D eigenvalue weighted by atomic mass is 16.5. The molecular formula is C17H23NO4. The Hall–Kier alpha value is -1.75. The molecule has 1 heterocycles. The normalized spacial score (nSPS) is 23.8. The molecule has 1 aliphatic carbocycles. The summed E-state index contributed by atoms with van der Waals surface area (Å²) >= 11 is 0. The van der Waals surface area contributed by atoms with Gasteiger partial charge in [-0.25, -0.2) is 0 Å². The highest BCUT2D eigenvalue weighted by molar-refractivity contribution is 5.85. The predicted octanol–water partition coefficient (Wildman–Crippen LogP) is 2.28. The molecule has 0 aromatic heterocycles. The van der Waals surface area contributed by atoms with E-state index < -0.39 is 11.4 Å². The SMILES string of the molecule is COc1cc(C2(C(=O)O)CC2)ccc1OC1CCCN(C)C1. The molecule has 2 aliphatic rings. The number of likely N-dealkylation sites (N-methyl/N-ethyl adjacent to an activating group) is 1. The summed E-state index contributed by atoms with van der Waals surface area (Å²) in [6.45, 7) is 2.01. The minimum Gasteiger partial charge on any atom is -0.493 e. The fourth-order valence-electron chi connectivity index (χ4n) is 3.21. The molecule has 1 aromatic rings. The summed E-state index contributed by atoms with van der Waals surface area (Å²) in [5.41, 5.74) is 0.0987. The standard InChI is InChI=1S/C17H23NO4/c1-18-9-3-4-13(11-18)22-14-6-5-12(10-15(14)21-2)17(7-8-17)16(19)20/h5-6,10,13H,3-4,7-9,11H2,1-2H3,(H,19,20). The van der Waals surface area contributed by atoms with Gasteiger partial charge < -0.3 is 19.5 Å². The average Bonchev–Trinajstić information content (AvgIpc) is 3.29. The first-order valence-electron chi connectivity index (χ1n) is 7.82. The van der Waals surface area contributed by atoms with Crippen molar-refractivity contribution in [3.63, 3.8) is 0 Å². The Morgan fingerprint density at radius 2 is 2.14 bits per heavy atom. The number of ether oxygens (including phenoxy) is 2. The molecule has 1 aliphatic heterocycles. The molecule has 1 saturated carbocycles. The summed E-state index contributed by atoms with van der Waals surface area (Å²) in [6.07, 6.45) is 3.71. The summed E-state index contributed by atoms with van der Waals surface area (Å²) in [5, 5.41) is 9.40. The Balaban J connectivity index is 1.79. The van der Waals surface area contributed by atoms with Gasteiger partial charge in [-0.15, -0.1) is 0 Å². The van der Waals surface area contributed by atoms with Gasteiger partial charge >= 0.3 is 5.97 Å². The van der Waals surface area contributed by atoms with Crippen LogP contribution in [0.1, 0.15) is 31.2 Å². The van der Waals surface area contributed by atoms with Gasteiger partial charge in [-0.3, -0.25) is 4.79 Å². The number of benzene rings is 1. The van der Waals surface area contributed by atoms with Gasteiger partial charge in [0.15, 0.2) is 11.5 Å². The van der Waals surface area contributed by atoms with Crippen molar-refractivity contribution in [3.8, 4) is 11.5 Å². The summed E-state index contributed by atoms with van der Waals surface area (Å²) in [6, 6.07) is 5.54. The maximum absolute atomic E-state index is 11.4. The molecule has 5 heteroatoms. The number of carbonyl (C=O) groups is 1. The van der Waals surface area contributed by atoms with Crippen molar-refractivity contribution in [1.29, 1.82) is 0 Å². The van der Waals surface area contributed by atoms with Crippen molar-refractivity contribution < 1.29 is 19.4 Å². The van der Waals surface area contributed by atoms with E-state index in [1.807, 2.05) is 18.2 Å². The van der Waals surface area contributed by atoms with Crippen LogP contribution in [0, 0.1) is 0 Å². The molecule has 0 amide bonds. The van der Waals surface area contributed by atoms with Crippen LogP contribution in [0.5, 0.6) is 11.5 Å². The zero-order valence-corrected chi connectivity index (χ0v) is 13.2. The lowest BCUT2D eigenvalue weighted by Crippen LogP contribution is -2.38. The lowest BCUT2D eigenvalue weighted by atomic mass is 9.96. The summed E-state index contributed by atoms with van der Waals surface area (Å²) in [5.74, 6) is 0.572. The van der Waals surface area contributed by atoms with E-state index in [-0.39, 0.29) is 6.10 Å². The van der Waals surface area contributed by atoms with Gasteiger partial charge in [0.25, 0.3) is 0 Å². The van der Waals surface area contributed by atoms with Gasteiger partial charge in [0.1, 0.15) is 6.10 Å². The Bertz CT molecular complexity index is 568. The number of piperidine rings is 1. The third-order valence-corrected chi connectivity index (χ3v) is 4.75. The Labute approximate surface area is 130 Å². The van der Waals surface area contributed by atoms with Crippen LogP contribution in [-0.2, 0) is 10.2 Å². The van der Waals surface area contributed by atoms with Gasteiger partial charge in [0.05, 0.1) is 12.5 Å². The minimum absolute atomic E-state index is 0.160. The Morgan fingerprint density at radius 3 is 2.73 bits per heavy atom. The third kappa shape index (κ3) is 2.77. The molecule has 0 bridgehead atoms. The van der Waals surface area contributed by atoms with Crippen molar-refractivity contribution in [1.82, 2.24) is 4.90 Å². The fraction of sp³-hybridized carbons (Fsp3) is 0.588. The number of carboxylic acid groups (broad SMARTS) is 1. The van der Waals surface area contributed by atoms with Crippen molar-refractivity contribution in [2.24, 2.45) is 0 Å². The second-order valence-electron chi connectivity index (χ2n) is 6.40. The van der Waals surface area contributed by atoms with Crippen LogP contribution >= 0.6 is 0 Å². The molecular weight excluding hydrogens is 282 g/mol. The maximum atomic E-state index is 11.4. The van der Waals surface area contributed by atoms with Crippen molar-refractivity contribution in [2.75, 3.05) is 27.2 Å². The van der Waals surface area contributed by atoms with E-state index in [1.54, 1.807) is 7.11 Å². The van der Waals surface area contributed by atoms with E-state index in [4.69, 9.17) is 9.47 Å². The van der Waals surface area contributed by atoms with Crippen molar-refractivity contribution in [3.05, 3.63) is 23.8 Å². The first kappa shape index (κ1) is 15.2. The van der Waals surface area contributed by atoms with Gasteiger partial charge in [-0.05, 0) is 57.0 Å². The molecule has 3 rings (SSSR count). The number of nitrogens with zero attached hydrogens (tertiary/aromatic N) is 1. The summed E-state index contributed by atoms with van der Waals surface area (Å²) in [7, 11) is 3.69. The van der Waals surface area contributed by atoms with Gasteiger partial charge in [-0.2, -0.15) is 0 Å². The number of likely N-dealkylation sites (tertiary alicyclic amines) is 1. The number of carboxylic acids is 1. The highest BCUT2D eigenvalue weighted by Gasteiger charge is 2.52. The van der Waals surface area contributed by atoms with E-state index in [9.17, 15) is 9.90 Å². The molecule has 1 N–H and O–H groups in total. The van der Waals surface area contributed by atoms with E-state index in [0.29, 0.717) is 24.3 Å². The molecule has 5 nitrogen and oxygen atoms in total. The number of aliphatic carboxylic acids is 1. The Morgan fingerprint density at radius 1 is 1.36 bits per heavy atom. The largest absolute Gasteiger partial charge is 0.493 e. The summed E-state index contributed by atoms with van der Waals surface area (Å²) < 4.78 is 11.5. The smallest absolute Gasteiger partial charge is 0.314 e. The van der Waals surface area contributed by atoms with Crippen LogP contribution in [0.4, 0.5) is 0 Å². The fourth-order valence-corrected chi connectivity index (χ4v) is 3.21. The van der Waals surface area contributed by atoms with Crippen molar-refractivity contribution >= 4 is 5.97 Å². The monoisotopic (exact) mass is 305 g/mol. The van der Waals surface area contributed by atoms with Crippen LogP contribution in [-0.4, -0.2) is 49.3 Å². The zero-order chi connectivity index (χ0) is 15.7. The maximum Gasteiger partial charge on any atom is 0.314 e. The average molecular weight is 305 g/mol. The van der Waals surface area contributed by atoms with E-state index in [1.165, 1.54) is 0 Å². The molecule has 120 valence electrons. The van der Waals surface area contributed by atoms with Crippen LogP contribution < -0.4 is 9.47 Å². The second kappa shape index (κ2) is 5.80. The van der Waals surface area contributed by atoms with Crippen molar-refractivity contribution in [2.45, 2.75) is 37.2 Å². The number of hydrogen-bond acceptors (Lipinski definition) is 4. The third-order valence-electron chi connectivity index (χ3n) is 4.75. The molecule has 1 aromatic carbocycles. The van der Waals surface area contributed by atoms with Crippen LogP contribution in [0.2, 0.25) is 0 Å². The summed E-state index contributed by atoms with van der Waals surface area (Å²) in [4.78, 5) is 13.7. The highest BCUT2D eigenvalue weighted by Crippen LogP contribution is 2.50. The van der Waals surface area contributed by atoms with Gasteiger partial charge in [0, 0.05) is 6.54 Å². The molecule has 0 spiro atoms. The van der Waals surface area contributed by atoms with Gasteiger partial charge in [-0.1, -0.05) is 6.07 Å². The van der Waals surface area contributed by atoms with Gasteiger partial charge in [0.2, 0.25) is 0 Å². The van der Waals surface area contributed by atoms with E-state index in [0.717, 1.165) is 31.5 Å². The molecule has 1 saturated heterocycles. The number of hydrogen-bond donors (Lipinski definition) is 1. The minimum atomic E-state index is -0.753. The second-order valence-corrected chi connectivity index (χ2v) is 6.40. The lowest BCUT2D eigenvalue weighted by molar-refractivity contribution is -0.140. The molecule has 22 heavy (non-hydrogen) atoms. The first-order chi connectivity index (χ1) is 10.5. The van der Waals surface area contributed by atoms with Crippen LogP contribution in [0.3, 0.4) is 0 Å². The molecule has 1 atom stereocenters. The molecule has 2 fully saturated rings. The number of methoxy groups -OCH3 is 1. The van der Waals surface area contributed by atoms with E-state index >= 15 is 0 Å². The number of rotatable bonds is 5. The Kier molecular flexibility index (Phi) is 4.00. The topological polar surface area (TPSA) is 59.0 Å². The quantitative estimate of drug-likeness (QED) is 0.904. The van der Waals surface area contributed by atoms with E-state index in [2.05, 4.69) is 11.9 Å². The van der Waals surface area contributed by atoms with Crippen LogP contribution in [0.25, 0.3) is 0 Å². The van der Waals surface area contributed by atoms with Crippen LogP contribution in [0.15, 0.2) is 18.2 Å².